The Morgan fingerprint density at radius 3 is 2.18 bits per heavy atom. The van der Waals surface area contributed by atoms with E-state index < -0.39 is 57.5 Å². The van der Waals surface area contributed by atoms with Crippen molar-refractivity contribution in [2.45, 2.75) is 9.79 Å². The highest BCUT2D eigenvalue weighted by Crippen LogP contribution is 2.46. The van der Waals surface area contributed by atoms with Crippen LogP contribution in [0.4, 0.5) is 17.1 Å². The van der Waals surface area contributed by atoms with E-state index >= 15 is 0 Å². The molecule has 0 aliphatic carbocycles. The molecule has 0 heterocycles. The maximum Gasteiger partial charge on any atom is 0.296 e. The van der Waals surface area contributed by atoms with Crippen molar-refractivity contribution in [3.8, 4) is 17.2 Å². The Kier molecular flexibility index (Phi) is 5.95. The number of azo groups is 1. The predicted molar refractivity (Wildman–Crippen MR) is 111 cm³/mol. The Morgan fingerprint density at radius 1 is 0.970 bits per heavy atom. The molecule has 16 heteroatoms. The van der Waals surface area contributed by atoms with Gasteiger partial charge in [0.05, 0.1) is 28.4 Å². The monoisotopic (exact) mass is 499 g/mol. The number of fused-ring (bicyclic) bond motifs is 1. The van der Waals surface area contributed by atoms with Gasteiger partial charge in [-0.15, -0.1) is 10.2 Å². The smallest absolute Gasteiger partial charge is 0.296 e. The SMILES string of the molecule is COc1cc([N+](=O)[O-])ccc1N=Nc1c(S(=O)(=O)O)cc2cc(S(=O)(=O)O)cc(O)c2c1O. The molecular formula is C17H13N3O11S2. The van der Waals surface area contributed by atoms with Crippen LogP contribution < -0.4 is 4.74 Å². The fraction of sp³-hybridized carbons (Fsp3) is 0.0588. The normalized spacial score (nSPS) is 12.3. The molecule has 0 bridgehead atoms. The number of benzene rings is 3. The summed E-state index contributed by atoms with van der Waals surface area (Å²) in [5, 5.41) is 38.1. The topological polar surface area (TPSA) is 226 Å². The van der Waals surface area contributed by atoms with Crippen LogP contribution in [0.1, 0.15) is 0 Å². The molecular weight excluding hydrogens is 486 g/mol. The molecule has 0 aromatic heterocycles. The zero-order valence-electron chi connectivity index (χ0n) is 16.3. The van der Waals surface area contributed by atoms with E-state index in [1.54, 1.807) is 0 Å². The first kappa shape index (κ1) is 23.8. The summed E-state index contributed by atoms with van der Waals surface area (Å²) in [7, 11) is -8.70. The molecule has 0 saturated heterocycles. The number of hydrogen-bond acceptors (Lipinski definition) is 11. The van der Waals surface area contributed by atoms with Gasteiger partial charge in [-0.25, -0.2) is 0 Å². The highest BCUT2D eigenvalue weighted by molar-refractivity contribution is 7.86. The van der Waals surface area contributed by atoms with Crippen molar-refractivity contribution in [1.82, 2.24) is 0 Å². The first-order valence-corrected chi connectivity index (χ1v) is 11.3. The molecule has 0 atom stereocenters. The predicted octanol–water partition coefficient (Wildman–Crippen LogP) is 3.08. The second-order valence-electron chi connectivity index (χ2n) is 6.38. The second kappa shape index (κ2) is 8.24. The molecule has 33 heavy (non-hydrogen) atoms. The van der Waals surface area contributed by atoms with Crippen LogP contribution in [0, 0.1) is 10.1 Å². The molecule has 0 amide bonds. The lowest BCUT2D eigenvalue weighted by Crippen LogP contribution is -2.01. The van der Waals surface area contributed by atoms with Gasteiger partial charge in [0.25, 0.3) is 25.9 Å². The van der Waals surface area contributed by atoms with E-state index in [4.69, 9.17) is 4.74 Å². The molecule has 0 spiro atoms. The van der Waals surface area contributed by atoms with E-state index in [1.165, 1.54) is 7.11 Å². The van der Waals surface area contributed by atoms with Crippen LogP contribution in [0.25, 0.3) is 10.8 Å². The van der Waals surface area contributed by atoms with Crippen LogP contribution in [-0.4, -0.2) is 48.2 Å². The number of nitro benzene ring substituents is 1. The maximum atomic E-state index is 11.9. The number of rotatable bonds is 6. The van der Waals surface area contributed by atoms with Gasteiger partial charge < -0.3 is 14.9 Å². The van der Waals surface area contributed by atoms with Gasteiger partial charge in [-0.3, -0.25) is 19.2 Å². The number of phenols is 2. The van der Waals surface area contributed by atoms with Crippen molar-refractivity contribution in [2.24, 2.45) is 10.2 Å². The molecule has 14 nitrogen and oxygen atoms in total. The van der Waals surface area contributed by atoms with E-state index in [0.717, 1.165) is 24.3 Å². The van der Waals surface area contributed by atoms with Crippen molar-refractivity contribution in [1.29, 1.82) is 0 Å². The third-order valence-corrected chi connectivity index (χ3v) is 6.01. The molecule has 0 fully saturated rings. The largest absolute Gasteiger partial charge is 0.507 e. The summed E-state index contributed by atoms with van der Waals surface area (Å²) in [5.41, 5.74) is -1.28. The lowest BCUT2D eigenvalue weighted by Gasteiger charge is -2.11. The Hall–Kier alpha value is -3.86. The highest BCUT2D eigenvalue weighted by Gasteiger charge is 2.25. The number of nitro groups is 1. The molecule has 4 N–H and O–H groups in total. The van der Waals surface area contributed by atoms with Gasteiger partial charge in [0, 0.05) is 12.1 Å². The number of methoxy groups -OCH3 is 1. The van der Waals surface area contributed by atoms with Crippen LogP contribution in [0.3, 0.4) is 0 Å². The van der Waals surface area contributed by atoms with Gasteiger partial charge in [0.15, 0.2) is 11.5 Å². The van der Waals surface area contributed by atoms with Crippen molar-refractivity contribution in [2.75, 3.05) is 7.11 Å². The van der Waals surface area contributed by atoms with Crippen molar-refractivity contribution >= 4 is 48.1 Å². The fourth-order valence-corrected chi connectivity index (χ4v) is 4.04. The molecule has 3 aromatic carbocycles. The number of ether oxygens (including phenoxy) is 1. The van der Waals surface area contributed by atoms with Gasteiger partial charge in [-0.2, -0.15) is 16.8 Å². The number of phenolic OH excluding ortho intramolecular Hbond substituents is 2. The number of hydrogen-bond donors (Lipinski definition) is 4. The van der Waals surface area contributed by atoms with E-state index in [9.17, 15) is 46.3 Å². The van der Waals surface area contributed by atoms with Gasteiger partial charge in [0.1, 0.15) is 22.0 Å². The zero-order chi connectivity index (χ0) is 24.7. The first-order valence-electron chi connectivity index (χ1n) is 8.46. The fourth-order valence-electron chi connectivity index (χ4n) is 2.85. The van der Waals surface area contributed by atoms with Crippen LogP contribution in [-0.2, 0) is 20.2 Å². The Morgan fingerprint density at radius 2 is 1.64 bits per heavy atom. The quantitative estimate of drug-likeness (QED) is 0.167. The number of aromatic hydroxyl groups is 2. The van der Waals surface area contributed by atoms with Gasteiger partial charge in [-0.05, 0) is 23.6 Å². The maximum absolute atomic E-state index is 11.9. The van der Waals surface area contributed by atoms with Crippen LogP contribution in [0.2, 0.25) is 0 Å². The van der Waals surface area contributed by atoms with Crippen molar-refractivity contribution < 1.29 is 45.8 Å². The Balaban J connectivity index is 2.30. The number of non-ortho nitro benzene ring substituents is 1. The van der Waals surface area contributed by atoms with Crippen LogP contribution in [0.5, 0.6) is 17.2 Å². The highest BCUT2D eigenvalue weighted by atomic mass is 32.2. The Bertz CT molecular complexity index is 1550. The summed E-state index contributed by atoms with van der Waals surface area (Å²) < 4.78 is 70.3. The minimum absolute atomic E-state index is 0.116. The summed E-state index contributed by atoms with van der Waals surface area (Å²) in [6.45, 7) is 0. The average Bonchev–Trinajstić information content (AvgIpc) is 2.70. The summed E-state index contributed by atoms with van der Waals surface area (Å²) in [5.74, 6) is -1.98. The van der Waals surface area contributed by atoms with E-state index in [1.807, 2.05) is 0 Å². The van der Waals surface area contributed by atoms with Crippen LogP contribution in [0.15, 0.2) is 56.4 Å². The van der Waals surface area contributed by atoms with Crippen molar-refractivity contribution in [3.05, 3.63) is 46.5 Å². The Labute approximate surface area is 185 Å². The third kappa shape index (κ3) is 4.67. The van der Waals surface area contributed by atoms with E-state index in [-0.39, 0.29) is 22.5 Å². The van der Waals surface area contributed by atoms with E-state index in [0.29, 0.717) is 12.1 Å². The third-order valence-electron chi connectivity index (χ3n) is 4.31. The van der Waals surface area contributed by atoms with Gasteiger partial charge in [-0.1, -0.05) is 0 Å². The second-order valence-corrected chi connectivity index (χ2v) is 9.19. The molecule has 0 saturated carbocycles. The molecule has 0 unspecified atom stereocenters. The standard InChI is InChI=1S/C17H13N3O11S2/c1-31-13-6-9(20(23)24)2-3-11(13)18-19-16-14(33(28,29)30)5-8-4-10(32(25,26)27)7-12(21)15(8)17(16)22/h2-7,21-22H,1H3,(H,25,26,27)(H,28,29,30). The number of nitrogens with zero attached hydrogens (tertiary/aromatic N) is 3. The minimum Gasteiger partial charge on any atom is -0.507 e. The lowest BCUT2D eigenvalue weighted by molar-refractivity contribution is -0.384. The summed E-state index contributed by atoms with van der Waals surface area (Å²) in [6, 6.07) is 5.25. The van der Waals surface area contributed by atoms with E-state index in [2.05, 4.69) is 10.2 Å². The summed E-state index contributed by atoms with van der Waals surface area (Å²) >= 11 is 0. The molecule has 0 aliphatic rings. The molecule has 3 rings (SSSR count). The lowest BCUT2D eigenvalue weighted by atomic mass is 10.1. The van der Waals surface area contributed by atoms with Gasteiger partial charge >= 0.3 is 0 Å². The molecule has 0 radical (unpaired) electrons. The molecule has 0 aliphatic heterocycles. The average molecular weight is 499 g/mol. The molecule has 174 valence electrons. The zero-order valence-corrected chi connectivity index (χ0v) is 17.9. The first-order chi connectivity index (χ1) is 15.2. The van der Waals surface area contributed by atoms with Gasteiger partial charge in [0.2, 0.25) is 0 Å². The summed E-state index contributed by atoms with van der Waals surface area (Å²) in [4.78, 5) is 8.38. The minimum atomic E-state index is -5.07. The molecule has 3 aromatic rings. The van der Waals surface area contributed by atoms with Crippen LogP contribution >= 0.6 is 0 Å². The van der Waals surface area contributed by atoms with Crippen molar-refractivity contribution in [3.63, 3.8) is 0 Å². The summed E-state index contributed by atoms with van der Waals surface area (Å²) in [6.07, 6.45) is 0.